The number of alkyl halides is 3. The maximum Gasteiger partial charge on any atom is 0.293 e. The van der Waals surface area contributed by atoms with Crippen molar-refractivity contribution in [3.05, 3.63) is 47.5 Å². The van der Waals surface area contributed by atoms with Crippen molar-refractivity contribution < 1.29 is 18.0 Å². The molecule has 0 radical (unpaired) electrons. The van der Waals surface area contributed by atoms with Crippen LogP contribution < -0.4 is 0 Å². The van der Waals surface area contributed by atoms with Crippen LogP contribution >= 0.6 is 0 Å². The van der Waals surface area contributed by atoms with Gasteiger partial charge in [-0.05, 0) is 5.56 Å². The van der Waals surface area contributed by atoms with Crippen molar-refractivity contribution in [1.29, 1.82) is 0 Å². The highest BCUT2D eigenvalue weighted by atomic mass is 19.3. The first-order valence-corrected chi connectivity index (χ1v) is 7.77. The number of hydrogen-bond donors (Lipinski definition) is 0. The Labute approximate surface area is 136 Å². The number of amides is 1. The van der Waals surface area contributed by atoms with E-state index in [2.05, 4.69) is 10.1 Å². The van der Waals surface area contributed by atoms with E-state index in [-0.39, 0.29) is 37.2 Å². The lowest BCUT2D eigenvalue weighted by molar-refractivity contribution is -0.0157. The zero-order valence-corrected chi connectivity index (χ0v) is 12.6. The summed E-state index contributed by atoms with van der Waals surface area (Å²) in [5.41, 5.74) is 0.893. The van der Waals surface area contributed by atoms with E-state index in [1.807, 2.05) is 30.3 Å². The summed E-state index contributed by atoms with van der Waals surface area (Å²) in [6.07, 6.45) is -3.51. The van der Waals surface area contributed by atoms with E-state index in [0.717, 1.165) is 5.56 Å². The number of rotatable bonds is 3. The molecule has 2 unspecified atom stereocenters. The normalized spacial score (nSPS) is 23.4. The third-order valence-electron chi connectivity index (χ3n) is 4.59. The second kappa shape index (κ2) is 5.61. The van der Waals surface area contributed by atoms with Gasteiger partial charge in [0.1, 0.15) is 0 Å². The van der Waals surface area contributed by atoms with Crippen molar-refractivity contribution in [2.45, 2.75) is 25.1 Å². The smallest absolute Gasteiger partial charge is 0.293 e. The van der Waals surface area contributed by atoms with E-state index in [0.29, 0.717) is 0 Å². The molecule has 1 saturated heterocycles. The molecule has 2 aromatic rings. The summed E-state index contributed by atoms with van der Waals surface area (Å²) >= 11 is 0. The van der Waals surface area contributed by atoms with E-state index in [1.54, 1.807) is 0 Å². The van der Waals surface area contributed by atoms with Crippen LogP contribution in [0.4, 0.5) is 13.2 Å². The fourth-order valence-corrected chi connectivity index (χ4v) is 3.20. The van der Waals surface area contributed by atoms with Gasteiger partial charge >= 0.3 is 0 Å². The number of likely N-dealkylation sites (tertiary alicyclic amines) is 1. The van der Waals surface area contributed by atoms with Crippen molar-refractivity contribution in [2.75, 3.05) is 13.1 Å². The van der Waals surface area contributed by atoms with Crippen LogP contribution in [0.1, 0.15) is 40.6 Å². The third-order valence-corrected chi connectivity index (χ3v) is 4.59. The van der Waals surface area contributed by atoms with Crippen LogP contribution in [0.5, 0.6) is 0 Å². The molecule has 24 heavy (non-hydrogen) atoms. The standard InChI is InChI=1S/C16H15F3N4O/c17-11-6-12(9-4-2-1-3-5-9)23-15(11)20-14(21-23)16(24)22-7-10(8-22)13(18)19/h1-5,10-13H,6-8H2. The Morgan fingerprint density at radius 2 is 1.92 bits per heavy atom. The molecule has 0 saturated carbocycles. The Morgan fingerprint density at radius 3 is 2.58 bits per heavy atom. The Kier molecular flexibility index (Phi) is 3.54. The lowest BCUT2D eigenvalue weighted by Crippen LogP contribution is -2.52. The summed E-state index contributed by atoms with van der Waals surface area (Å²) in [5, 5.41) is 4.16. The summed E-state index contributed by atoms with van der Waals surface area (Å²) in [5.74, 6) is -1.32. The van der Waals surface area contributed by atoms with E-state index in [4.69, 9.17) is 0 Å². The second-order valence-electron chi connectivity index (χ2n) is 6.17. The van der Waals surface area contributed by atoms with Gasteiger partial charge in [0.15, 0.2) is 12.0 Å². The molecule has 2 aliphatic heterocycles. The number of benzene rings is 1. The van der Waals surface area contributed by atoms with Crippen molar-refractivity contribution >= 4 is 5.91 Å². The fraction of sp³-hybridized carbons (Fsp3) is 0.438. The van der Waals surface area contributed by atoms with E-state index in [9.17, 15) is 18.0 Å². The SMILES string of the molecule is O=C(c1nc2n(n1)C(c1ccccc1)CC2F)N1CC(C(F)F)C1. The summed E-state index contributed by atoms with van der Waals surface area (Å²) in [6, 6.07) is 9.01. The maximum absolute atomic E-state index is 14.2. The molecule has 126 valence electrons. The Balaban J connectivity index is 1.56. The molecule has 0 bridgehead atoms. The van der Waals surface area contributed by atoms with Crippen LogP contribution in [0.25, 0.3) is 0 Å². The first-order chi connectivity index (χ1) is 11.5. The molecular formula is C16H15F3N4O. The van der Waals surface area contributed by atoms with Crippen molar-refractivity contribution in [1.82, 2.24) is 19.7 Å². The van der Waals surface area contributed by atoms with Gasteiger partial charge in [0.05, 0.1) is 12.0 Å². The van der Waals surface area contributed by atoms with Crippen molar-refractivity contribution in [2.24, 2.45) is 5.92 Å². The summed E-state index contributed by atoms with van der Waals surface area (Å²) in [7, 11) is 0. The highest BCUT2D eigenvalue weighted by Crippen LogP contribution is 2.39. The average Bonchev–Trinajstić information content (AvgIpc) is 3.07. The van der Waals surface area contributed by atoms with Gasteiger partial charge in [-0.25, -0.2) is 22.8 Å². The van der Waals surface area contributed by atoms with Gasteiger partial charge < -0.3 is 4.90 Å². The molecule has 0 aliphatic carbocycles. The number of fused-ring (bicyclic) bond motifs is 1. The molecule has 1 fully saturated rings. The van der Waals surface area contributed by atoms with Crippen LogP contribution in [0, 0.1) is 5.92 Å². The van der Waals surface area contributed by atoms with E-state index >= 15 is 0 Å². The first kappa shape index (κ1) is 15.2. The number of carbonyl (C=O) groups excluding carboxylic acids is 1. The van der Waals surface area contributed by atoms with Gasteiger partial charge in [0.25, 0.3) is 5.91 Å². The molecule has 0 spiro atoms. The van der Waals surface area contributed by atoms with Crippen LogP contribution in [0.3, 0.4) is 0 Å². The zero-order chi connectivity index (χ0) is 16.8. The minimum Gasteiger partial charge on any atom is -0.335 e. The quantitative estimate of drug-likeness (QED) is 0.866. The predicted octanol–water partition coefficient (Wildman–Crippen LogP) is 2.62. The molecule has 1 amide bonds. The van der Waals surface area contributed by atoms with Crippen LogP contribution in [0.15, 0.2) is 30.3 Å². The van der Waals surface area contributed by atoms with Crippen LogP contribution in [0.2, 0.25) is 0 Å². The monoisotopic (exact) mass is 336 g/mol. The number of carbonyl (C=O) groups is 1. The second-order valence-corrected chi connectivity index (χ2v) is 6.17. The van der Waals surface area contributed by atoms with E-state index < -0.39 is 24.4 Å². The lowest BCUT2D eigenvalue weighted by Gasteiger charge is -2.37. The molecule has 1 aromatic carbocycles. The highest BCUT2D eigenvalue weighted by molar-refractivity contribution is 5.91. The number of nitrogens with zero attached hydrogens (tertiary/aromatic N) is 4. The Hall–Kier alpha value is -2.38. The fourth-order valence-electron chi connectivity index (χ4n) is 3.20. The summed E-state index contributed by atoms with van der Waals surface area (Å²) in [4.78, 5) is 17.6. The molecule has 2 aliphatic rings. The van der Waals surface area contributed by atoms with Gasteiger partial charge in [-0.1, -0.05) is 30.3 Å². The van der Waals surface area contributed by atoms with Gasteiger partial charge in [0.2, 0.25) is 12.2 Å². The molecular weight excluding hydrogens is 321 g/mol. The van der Waals surface area contributed by atoms with Gasteiger partial charge in [-0.3, -0.25) is 4.79 Å². The molecule has 3 heterocycles. The molecule has 0 N–H and O–H groups in total. The van der Waals surface area contributed by atoms with Crippen molar-refractivity contribution in [3.63, 3.8) is 0 Å². The van der Waals surface area contributed by atoms with E-state index in [1.165, 1.54) is 9.58 Å². The summed E-state index contributed by atoms with van der Waals surface area (Å²) < 4.78 is 40.7. The zero-order valence-electron chi connectivity index (χ0n) is 12.6. The largest absolute Gasteiger partial charge is 0.335 e. The third kappa shape index (κ3) is 2.37. The molecule has 5 nitrogen and oxygen atoms in total. The topological polar surface area (TPSA) is 51.0 Å². The molecule has 1 aromatic heterocycles. The molecule has 2 atom stereocenters. The molecule has 8 heteroatoms. The number of halogens is 3. The van der Waals surface area contributed by atoms with Gasteiger partial charge in [-0.15, -0.1) is 5.10 Å². The Bertz CT molecular complexity index is 758. The number of aromatic nitrogens is 3. The first-order valence-electron chi connectivity index (χ1n) is 7.77. The minimum atomic E-state index is -2.44. The highest BCUT2D eigenvalue weighted by Gasteiger charge is 2.41. The van der Waals surface area contributed by atoms with Crippen LogP contribution in [-0.2, 0) is 0 Å². The minimum absolute atomic E-state index is 0.0124. The van der Waals surface area contributed by atoms with Crippen LogP contribution in [-0.4, -0.2) is 45.1 Å². The maximum atomic E-state index is 14.2. The van der Waals surface area contributed by atoms with Gasteiger partial charge in [0, 0.05) is 19.5 Å². The average molecular weight is 336 g/mol. The Morgan fingerprint density at radius 1 is 1.21 bits per heavy atom. The number of hydrogen-bond acceptors (Lipinski definition) is 3. The van der Waals surface area contributed by atoms with Crippen molar-refractivity contribution in [3.8, 4) is 0 Å². The molecule has 4 rings (SSSR count). The predicted molar refractivity (Wildman–Crippen MR) is 78.5 cm³/mol. The van der Waals surface area contributed by atoms with Gasteiger partial charge in [-0.2, -0.15) is 0 Å². The summed E-state index contributed by atoms with van der Waals surface area (Å²) in [6.45, 7) is -0.0247. The lowest BCUT2D eigenvalue weighted by atomic mass is 10.0.